The second-order valence-electron chi connectivity index (χ2n) is 6.08. The van der Waals surface area contributed by atoms with E-state index in [-0.39, 0.29) is 5.57 Å². The molecule has 0 spiro atoms. The summed E-state index contributed by atoms with van der Waals surface area (Å²) in [6.45, 7) is 0.817. The number of carboxylic acids is 2. The number of aliphatic hydroxyl groups excluding tert-OH is 4. The standard InChI is InChI=1S/C16H22O11/c1-2-6-7(3-10(18)19)8(14(23)24)5-25-15(6)27-16-13(22)12(21)11(20)9(4-17)26-16/h2,5,7,9,11-13,15-17,20-22H,3-4H2,1H3,(H,18,19)(H,23,24)/p-2/b6-2+/t7-,9+,11+,12-,13+,15-,16-/m0/s1. The van der Waals surface area contributed by atoms with Crippen molar-refractivity contribution in [3.8, 4) is 0 Å². The number of hydrogen-bond donors (Lipinski definition) is 4. The quantitative estimate of drug-likeness (QED) is 0.321. The number of aliphatic carboxylic acids is 2. The average molecular weight is 388 g/mol. The molecule has 0 bridgehead atoms. The SMILES string of the molecule is C/C=C1/[C@H](O[C@@H]2O[C@H](CO)[C@@H](O)[C@H](O)[C@H]2O)OC=C(C(=O)[O-])[C@H]1CC(=O)[O-]. The van der Waals surface area contributed by atoms with Gasteiger partial charge >= 0.3 is 0 Å². The maximum Gasteiger partial charge on any atom is 0.224 e. The summed E-state index contributed by atoms with van der Waals surface area (Å²) >= 11 is 0. The summed E-state index contributed by atoms with van der Waals surface area (Å²) in [6.07, 6.45) is -7.67. The Morgan fingerprint density at radius 1 is 1.22 bits per heavy atom. The van der Waals surface area contributed by atoms with Crippen LogP contribution in [0.25, 0.3) is 0 Å². The van der Waals surface area contributed by atoms with Crippen LogP contribution >= 0.6 is 0 Å². The van der Waals surface area contributed by atoms with Gasteiger partial charge in [0.15, 0.2) is 6.29 Å². The number of aliphatic hydroxyl groups is 4. The fraction of sp³-hybridized carbons (Fsp3) is 0.625. The first-order valence-corrected chi connectivity index (χ1v) is 8.10. The monoisotopic (exact) mass is 388 g/mol. The molecule has 0 saturated carbocycles. The van der Waals surface area contributed by atoms with Gasteiger partial charge in [0.1, 0.15) is 24.4 Å². The van der Waals surface area contributed by atoms with Gasteiger partial charge in [-0.25, -0.2) is 0 Å². The minimum atomic E-state index is -1.71. The molecule has 2 aliphatic heterocycles. The van der Waals surface area contributed by atoms with Gasteiger partial charge in [0, 0.05) is 23.0 Å². The highest BCUT2D eigenvalue weighted by molar-refractivity contribution is 5.87. The first-order chi connectivity index (χ1) is 12.7. The third-order valence-corrected chi connectivity index (χ3v) is 4.41. The topological polar surface area (TPSA) is 189 Å². The predicted molar refractivity (Wildman–Crippen MR) is 79.7 cm³/mol. The number of allylic oxidation sites excluding steroid dienone is 1. The number of carbonyl (C=O) groups excluding carboxylic acids is 2. The molecule has 4 N–H and O–H groups in total. The second-order valence-corrected chi connectivity index (χ2v) is 6.08. The van der Waals surface area contributed by atoms with Gasteiger partial charge in [-0.1, -0.05) is 6.08 Å². The Hall–Kier alpha value is -2.02. The predicted octanol–water partition coefficient (Wildman–Crippen LogP) is -4.50. The molecular weight excluding hydrogens is 368 g/mol. The van der Waals surface area contributed by atoms with Crippen molar-refractivity contribution in [1.82, 2.24) is 0 Å². The van der Waals surface area contributed by atoms with E-state index >= 15 is 0 Å². The molecular formula is C16H20O11-2. The fourth-order valence-corrected chi connectivity index (χ4v) is 2.97. The van der Waals surface area contributed by atoms with Crippen molar-refractivity contribution < 1.29 is 54.4 Å². The van der Waals surface area contributed by atoms with Crippen LogP contribution in [0.15, 0.2) is 23.5 Å². The van der Waals surface area contributed by atoms with Gasteiger partial charge in [-0.3, -0.25) is 0 Å². The van der Waals surface area contributed by atoms with Crippen molar-refractivity contribution in [2.24, 2.45) is 5.92 Å². The normalized spacial score (nSPS) is 38.2. The summed E-state index contributed by atoms with van der Waals surface area (Å²) < 4.78 is 15.8. The third-order valence-electron chi connectivity index (χ3n) is 4.41. The van der Waals surface area contributed by atoms with Crippen LogP contribution in [0.5, 0.6) is 0 Å². The number of rotatable bonds is 6. The summed E-state index contributed by atoms with van der Waals surface area (Å²) in [5.41, 5.74) is -0.334. The smallest absolute Gasteiger partial charge is 0.224 e. The van der Waals surface area contributed by atoms with E-state index in [1.165, 1.54) is 13.0 Å². The van der Waals surface area contributed by atoms with Crippen LogP contribution in [0.2, 0.25) is 0 Å². The molecule has 0 unspecified atom stereocenters. The Kier molecular flexibility index (Phi) is 6.92. The van der Waals surface area contributed by atoms with E-state index in [9.17, 15) is 40.2 Å². The molecule has 0 aromatic rings. The Bertz CT molecular complexity index is 626. The number of carboxylic acid groups (broad SMARTS) is 2. The van der Waals surface area contributed by atoms with Crippen LogP contribution < -0.4 is 10.2 Å². The maximum atomic E-state index is 11.2. The van der Waals surface area contributed by atoms with Crippen LogP contribution in [-0.4, -0.2) is 76.0 Å². The zero-order chi connectivity index (χ0) is 20.3. The lowest BCUT2D eigenvalue weighted by Gasteiger charge is -2.42. The molecule has 1 fully saturated rings. The van der Waals surface area contributed by atoms with E-state index in [1.54, 1.807) is 0 Å². The highest BCUT2D eigenvalue weighted by atomic mass is 16.8. The lowest BCUT2D eigenvalue weighted by atomic mass is 9.86. The van der Waals surface area contributed by atoms with E-state index < -0.39 is 73.5 Å². The van der Waals surface area contributed by atoms with Gasteiger partial charge in [-0.15, -0.1) is 0 Å². The maximum absolute atomic E-state index is 11.2. The van der Waals surface area contributed by atoms with Gasteiger partial charge < -0.3 is 54.4 Å². The molecule has 0 aliphatic carbocycles. The zero-order valence-corrected chi connectivity index (χ0v) is 14.3. The number of hydrogen-bond acceptors (Lipinski definition) is 11. The van der Waals surface area contributed by atoms with E-state index in [0.717, 1.165) is 6.26 Å². The summed E-state index contributed by atoms with van der Waals surface area (Å²) in [6, 6.07) is 0. The van der Waals surface area contributed by atoms with Crippen LogP contribution in [0, 0.1) is 5.92 Å². The van der Waals surface area contributed by atoms with Gasteiger partial charge in [-0.05, 0) is 13.3 Å². The van der Waals surface area contributed by atoms with Gasteiger partial charge in [-0.2, -0.15) is 0 Å². The van der Waals surface area contributed by atoms with Crippen molar-refractivity contribution in [3.05, 3.63) is 23.5 Å². The first kappa shape index (κ1) is 21.3. The lowest BCUT2D eigenvalue weighted by molar-refractivity contribution is -0.328. The van der Waals surface area contributed by atoms with Crippen LogP contribution in [0.3, 0.4) is 0 Å². The Morgan fingerprint density at radius 2 is 1.89 bits per heavy atom. The molecule has 0 amide bonds. The summed E-state index contributed by atoms with van der Waals surface area (Å²) in [5.74, 6) is -4.32. The summed E-state index contributed by atoms with van der Waals surface area (Å²) in [4.78, 5) is 22.2. The van der Waals surface area contributed by atoms with Crippen molar-refractivity contribution in [2.45, 2.75) is 50.3 Å². The molecule has 2 rings (SSSR count). The van der Waals surface area contributed by atoms with E-state index in [1.807, 2.05) is 0 Å². The number of carbonyl (C=O) groups is 2. The minimum Gasteiger partial charge on any atom is -0.550 e. The molecule has 11 nitrogen and oxygen atoms in total. The molecule has 1 saturated heterocycles. The van der Waals surface area contributed by atoms with Crippen molar-refractivity contribution >= 4 is 11.9 Å². The molecule has 0 aromatic heterocycles. The number of ether oxygens (including phenoxy) is 3. The van der Waals surface area contributed by atoms with Crippen molar-refractivity contribution in [2.75, 3.05) is 6.61 Å². The molecule has 27 heavy (non-hydrogen) atoms. The minimum absolute atomic E-state index is 0.0952. The highest BCUT2D eigenvalue weighted by Gasteiger charge is 2.46. The average Bonchev–Trinajstić information content (AvgIpc) is 2.61. The van der Waals surface area contributed by atoms with E-state index in [0.29, 0.717) is 0 Å². The molecule has 2 aliphatic rings. The summed E-state index contributed by atoms with van der Waals surface area (Å²) in [7, 11) is 0. The largest absolute Gasteiger partial charge is 0.550 e. The van der Waals surface area contributed by atoms with Gasteiger partial charge in [0.25, 0.3) is 0 Å². The third kappa shape index (κ3) is 4.46. The van der Waals surface area contributed by atoms with Crippen LogP contribution in [-0.2, 0) is 23.8 Å². The van der Waals surface area contributed by atoms with Crippen molar-refractivity contribution in [1.29, 1.82) is 0 Å². The molecule has 152 valence electrons. The van der Waals surface area contributed by atoms with Crippen molar-refractivity contribution in [3.63, 3.8) is 0 Å². The van der Waals surface area contributed by atoms with Crippen LogP contribution in [0.1, 0.15) is 13.3 Å². The van der Waals surface area contributed by atoms with Gasteiger partial charge in [0.2, 0.25) is 6.29 Å². The molecule has 0 aromatic carbocycles. The summed E-state index contributed by atoms with van der Waals surface area (Å²) in [5, 5.41) is 61.0. The Morgan fingerprint density at radius 3 is 2.41 bits per heavy atom. The molecule has 0 radical (unpaired) electrons. The van der Waals surface area contributed by atoms with Crippen LogP contribution in [0.4, 0.5) is 0 Å². The zero-order valence-electron chi connectivity index (χ0n) is 14.3. The Balaban J connectivity index is 2.25. The Labute approximate surface area is 153 Å². The molecule has 11 heteroatoms. The van der Waals surface area contributed by atoms with E-state index in [4.69, 9.17) is 14.2 Å². The second kappa shape index (κ2) is 8.78. The van der Waals surface area contributed by atoms with Gasteiger partial charge in [0.05, 0.1) is 18.8 Å². The first-order valence-electron chi connectivity index (χ1n) is 8.10. The fourth-order valence-electron chi connectivity index (χ4n) is 2.97. The highest BCUT2D eigenvalue weighted by Crippen LogP contribution is 2.35. The van der Waals surface area contributed by atoms with E-state index in [2.05, 4.69) is 0 Å². The lowest BCUT2D eigenvalue weighted by Crippen LogP contribution is -2.60. The molecule has 7 atom stereocenters. The molecule has 2 heterocycles.